The summed E-state index contributed by atoms with van der Waals surface area (Å²) in [5.41, 5.74) is -0.262. The maximum atomic E-state index is 13.5. The van der Waals surface area contributed by atoms with Gasteiger partial charge < -0.3 is 20.7 Å². The predicted molar refractivity (Wildman–Crippen MR) is 116 cm³/mol. The molecule has 170 valence electrons. The van der Waals surface area contributed by atoms with Crippen molar-refractivity contribution < 1.29 is 18.7 Å². The largest absolute Gasteiger partial charge is 0.484 e. The van der Waals surface area contributed by atoms with E-state index in [-0.39, 0.29) is 46.7 Å². The molecule has 6 nitrogen and oxygen atoms in total. The molecule has 1 aromatic carbocycles. The summed E-state index contributed by atoms with van der Waals surface area (Å²) in [7, 11) is 0. The van der Waals surface area contributed by atoms with E-state index >= 15 is 0 Å². The Morgan fingerprint density at radius 1 is 1.29 bits per heavy atom. The minimum Gasteiger partial charge on any atom is -0.484 e. The zero-order chi connectivity index (χ0) is 22.2. The molecule has 4 fully saturated rings. The van der Waals surface area contributed by atoms with Gasteiger partial charge in [0.1, 0.15) is 11.6 Å². The molecule has 1 heterocycles. The number of ether oxygens (including phenoxy) is 1. The summed E-state index contributed by atoms with van der Waals surface area (Å²) < 4.78 is 18.9. The molecule has 4 aliphatic rings. The van der Waals surface area contributed by atoms with Gasteiger partial charge in [0, 0.05) is 30.2 Å². The lowest BCUT2D eigenvalue weighted by Crippen LogP contribution is -2.53. The van der Waals surface area contributed by atoms with E-state index in [9.17, 15) is 14.0 Å². The fourth-order valence-corrected chi connectivity index (χ4v) is 5.44. The first kappa shape index (κ1) is 22.3. The SMILES string of the molecule is CC(C)C1CCC(C(=O)NC2CC3(NC(=O)COc4ccc(Cl)c(F)c4)CC2C3)CN1. The Bertz CT molecular complexity index is 835. The number of hydrogen-bond acceptors (Lipinski definition) is 4. The fourth-order valence-electron chi connectivity index (χ4n) is 5.32. The van der Waals surface area contributed by atoms with Crippen molar-refractivity contribution in [2.24, 2.45) is 17.8 Å². The highest BCUT2D eigenvalue weighted by Gasteiger charge is 2.57. The summed E-state index contributed by atoms with van der Waals surface area (Å²) in [4.78, 5) is 25.1. The minimum atomic E-state index is -0.581. The van der Waals surface area contributed by atoms with Crippen LogP contribution in [0, 0.1) is 23.6 Å². The molecule has 3 aliphatic carbocycles. The Morgan fingerprint density at radius 3 is 2.71 bits per heavy atom. The molecule has 0 radical (unpaired) electrons. The van der Waals surface area contributed by atoms with Gasteiger partial charge in [-0.2, -0.15) is 0 Å². The molecule has 0 aromatic heterocycles. The Kier molecular flexibility index (Phi) is 6.44. The number of amides is 2. The molecule has 1 aliphatic heterocycles. The van der Waals surface area contributed by atoms with Crippen molar-refractivity contribution in [1.29, 1.82) is 0 Å². The molecule has 5 rings (SSSR count). The second kappa shape index (κ2) is 8.94. The quantitative estimate of drug-likeness (QED) is 0.595. The first-order chi connectivity index (χ1) is 14.7. The third kappa shape index (κ3) is 4.98. The third-order valence-corrected chi connectivity index (χ3v) is 7.41. The van der Waals surface area contributed by atoms with E-state index in [1.165, 1.54) is 12.1 Å². The monoisotopic (exact) mass is 451 g/mol. The Hall–Kier alpha value is -1.86. The molecule has 2 bridgehead atoms. The van der Waals surface area contributed by atoms with Gasteiger partial charge in [0.2, 0.25) is 5.91 Å². The summed E-state index contributed by atoms with van der Waals surface area (Å²) >= 11 is 5.65. The molecule has 3 saturated carbocycles. The maximum Gasteiger partial charge on any atom is 0.258 e. The van der Waals surface area contributed by atoms with E-state index in [4.69, 9.17) is 16.3 Å². The molecule has 2 amide bonds. The van der Waals surface area contributed by atoms with Gasteiger partial charge in [-0.05, 0) is 56.1 Å². The Balaban J connectivity index is 1.21. The van der Waals surface area contributed by atoms with E-state index < -0.39 is 5.82 Å². The van der Waals surface area contributed by atoms with Crippen LogP contribution in [0.5, 0.6) is 5.75 Å². The minimum absolute atomic E-state index is 0.0130. The van der Waals surface area contributed by atoms with Crippen molar-refractivity contribution in [2.45, 2.75) is 63.6 Å². The third-order valence-electron chi connectivity index (χ3n) is 7.11. The average Bonchev–Trinajstić information content (AvgIpc) is 3.22. The Labute approximate surface area is 187 Å². The van der Waals surface area contributed by atoms with Gasteiger partial charge >= 0.3 is 0 Å². The number of hydrogen-bond donors (Lipinski definition) is 3. The smallest absolute Gasteiger partial charge is 0.258 e. The number of rotatable bonds is 7. The number of halogens is 2. The van der Waals surface area contributed by atoms with Crippen LogP contribution in [0.3, 0.4) is 0 Å². The van der Waals surface area contributed by atoms with Crippen LogP contribution in [0.4, 0.5) is 4.39 Å². The lowest BCUT2D eigenvalue weighted by molar-refractivity contribution is -0.127. The average molecular weight is 452 g/mol. The second-order valence-electron chi connectivity index (χ2n) is 9.71. The van der Waals surface area contributed by atoms with Crippen LogP contribution in [0.2, 0.25) is 5.02 Å². The predicted octanol–water partition coefficient (Wildman–Crippen LogP) is 3.04. The van der Waals surface area contributed by atoms with Crippen LogP contribution in [0.25, 0.3) is 0 Å². The topological polar surface area (TPSA) is 79.5 Å². The number of fused-ring (bicyclic) bond motifs is 1. The van der Waals surface area contributed by atoms with Gasteiger partial charge in [0.25, 0.3) is 5.91 Å². The van der Waals surface area contributed by atoms with Crippen molar-refractivity contribution >= 4 is 23.4 Å². The van der Waals surface area contributed by atoms with Crippen LogP contribution in [-0.2, 0) is 9.59 Å². The van der Waals surface area contributed by atoms with E-state index in [1.54, 1.807) is 0 Å². The van der Waals surface area contributed by atoms with Crippen molar-refractivity contribution in [2.75, 3.05) is 13.2 Å². The fraction of sp³-hybridized carbons (Fsp3) is 0.652. The number of nitrogens with one attached hydrogen (secondary N) is 3. The number of carbonyl (C=O) groups is 2. The number of carbonyl (C=O) groups excluding carboxylic acids is 2. The van der Waals surface area contributed by atoms with Gasteiger partial charge in [0.15, 0.2) is 6.61 Å². The van der Waals surface area contributed by atoms with Gasteiger partial charge in [0.05, 0.1) is 10.9 Å². The van der Waals surface area contributed by atoms with Crippen LogP contribution < -0.4 is 20.7 Å². The highest BCUT2D eigenvalue weighted by atomic mass is 35.5. The normalized spacial score (nSPS) is 31.8. The van der Waals surface area contributed by atoms with E-state index in [2.05, 4.69) is 29.8 Å². The highest BCUT2D eigenvalue weighted by molar-refractivity contribution is 6.30. The summed E-state index contributed by atoms with van der Waals surface area (Å²) in [5.74, 6) is 0.582. The molecule has 1 saturated heterocycles. The van der Waals surface area contributed by atoms with E-state index in [1.807, 2.05) is 0 Å². The molecule has 3 N–H and O–H groups in total. The van der Waals surface area contributed by atoms with Crippen LogP contribution in [0.15, 0.2) is 18.2 Å². The molecular weight excluding hydrogens is 421 g/mol. The zero-order valence-electron chi connectivity index (χ0n) is 18.0. The first-order valence-corrected chi connectivity index (χ1v) is 11.5. The van der Waals surface area contributed by atoms with Crippen LogP contribution >= 0.6 is 11.6 Å². The lowest BCUT2D eigenvalue weighted by Gasteiger charge is -2.39. The van der Waals surface area contributed by atoms with Crippen LogP contribution in [0.1, 0.15) is 46.0 Å². The van der Waals surface area contributed by atoms with Crippen molar-refractivity contribution in [3.63, 3.8) is 0 Å². The van der Waals surface area contributed by atoms with Gasteiger partial charge in [-0.1, -0.05) is 25.4 Å². The van der Waals surface area contributed by atoms with E-state index in [0.29, 0.717) is 17.9 Å². The molecule has 3 atom stereocenters. The van der Waals surface area contributed by atoms with Crippen LogP contribution in [-0.4, -0.2) is 42.6 Å². The first-order valence-electron chi connectivity index (χ1n) is 11.2. The van der Waals surface area contributed by atoms with Crippen molar-refractivity contribution in [3.05, 3.63) is 29.0 Å². The standard InChI is InChI=1S/C23H31ClFN3O3/c1-13(2)19-6-3-14(11-26-19)22(30)27-20-10-23(8-15(20)9-23)28-21(29)12-31-16-4-5-17(24)18(25)7-16/h4-5,7,13-15,19-20,26H,3,6,8-12H2,1-2H3,(H,27,30)(H,28,29). The number of piperidine rings is 1. The maximum absolute atomic E-state index is 13.5. The second-order valence-corrected chi connectivity index (χ2v) is 10.1. The zero-order valence-corrected chi connectivity index (χ0v) is 18.8. The summed E-state index contributed by atoms with van der Waals surface area (Å²) in [6, 6.07) is 4.70. The highest BCUT2D eigenvalue weighted by Crippen LogP contribution is 2.52. The van der Waals surface area contributed by atoms with Crippen molar-refractivity contribution in [3.8, 4) is 5.75 Å². The summed E-state index contributed by atoms with van der Waals surface area (Å²) in [6.45, 7) is 4.96. The van der Waals surface area contributed by atoms with Gasteiger partial charge in [-0.3, -0.25) is 9.59 Å². The molecule has 3 unspecified atom stereocenters. The molecule has 8 heteroatoms. The van der Waals surface area contributed by atoms with Gasteiger partial charge in [-0.25, -0.2) is 4.39 Å². The molecule has 0 spiro atoms. The molecular formula is C23H31ClFN3O3. The summed E-state index contributed by atoms with van der Waals surface area (Å²) in [5, 5.41) is 9.82. The van der Waals surface area contributed by atoms with Gasteiger partial charge in [-0.15, -0.1) is 0 Å². The van der Waals surface area contributed by atoms with E-state index in [0.717, 1.165) is 44.7 Å². The lowest BCUT2D eigenvalue weighted by atomic mass is 9.76. The number of benzene rings is 1. The Morgan fingerprint density at radius 2 is 2.06 bits per heavy atom. The molecule has 1 aromatic rings. The van der Waals surface area contributed by atoms with Crippen molar-refractivity contribution in [1.82, 2.24) is 16.0 Å². The molecule has 31 heavy (non-hydrogen) atoms. The summed E-state index contributed by atoms with van der Waals surface area (Å²) in [6.07, 6.45) is 4.44.